The molecule has 1 atom stereocenters. The van der Waals surface area contributed by atoms with Crippen LogP contribution in [-0.2, 0) is 9.59 Å². The second-order valence-corrected chi connectivity index (χ2v) is 11.1. The average molecular weight is 572 g/mol. The number of rotatable bonds is 5. The quantitative estimate of drug-likeness (QED) is 0.480. The van der Waals surface area contributed by atoms with E-state index in [2.05, 4.69) is 4.99 Å². The lowest BCUT2D eigenvalue weighted by atomic mass is 9.84. The highest BCUT2D eigenvalue weighted by Crippen LogP contribution is 2.35. The van der Waals surface area contributed by atoms with Gasteiger partial charge in [0.2, 0.25) is 12.1 Å². The van der Waals surface area contributed by atoms with E-state index in [9.17, 15) is 18.8 Å². The Balaban J connectivity index is 1.48. The van der Waals surface area contributed by atoms with Crippen LogP contribution >= 0.6 is 0 Å². The molecule has 4 aliphatic rings. The number of primary amides is 1. The van der Waals surface area contributed by atoms with Gasteiger partial charge in [0.05, 0.1) is 17.1 Å². The van der Waals surface area contributed by atoms with Gasteiger partial charge in [0.15, 0.2) is 0 Å². The van der Waals surface area contributed by atoms with Crippen LogP contribution in [0.1, 0.15) is 36.8 Å². The molecule has 1 saturated carbocycles. The van der Waals surface area contributed by atoms with E-state index >= 15 is 4.39 Å². The van der Waals surface area contributed by atoms with Gasteiger partial charge in [0.25, 0.3) is 5.91 Å². The van der Waals surface area contributed by atoms with Crippen molar-refractivity contribution in [2.75, 3.05) is 29.4 Å². The van der Waals surface area contributed by atoms with E-state index in [1.807, 2.05) is 4.90 Å². The van der Waals surface area contributed by atoms with Gasteiger partial charge in [-0.25, -0.2) is 18.6 Å². The summed E-state index contributed by atoms with van der Waals surface area (Å²) in [5, 5.41) is 0. The molecule has 1 aliphatic carbocycles. The van der Waals surface area contributed by atoms with Gasteiger partial charge in [-0.1, -0.05) is 36.4 Å². The lowest BCUT2D eigenvalue weighted by molar-refractivity contribution is -0.132. The van der Waals surface area contributed by atoms with Gasteiger partial charge in [-0.15, -0.1) is 0 Å². The van der Waals surface area contributed by atoms with Crippen molar-refractivity contribution in [2.45, 2.75) is 31.8 Å². The topological polar surface area (TPSA) is 99.3 Å². The molecule has 3 aromatic rings. The second kappa shape index (κ2) is 11.3. The first kappa shape index (κ1) is 27.6. The molecule has 2 saturated heterocycles. The summed E-state index contributed by atoms with van der Waals surface area (Å²) in [4.78, 5) is 49.8. The number of para-hydroxylation sites is 1. The Morgan fingerprint density at radius 1 is 0.881 bits per heavy atom. The molecule has 2 bridgehead atoms. The number of benzodiazepines with no additional fused rings is 1. The number of benzene rings is 3. The number of hydrogen-bond donors (Lipinski definition) is 1. The first-order chi connectivity index (χ1) is 20.3. The number of nitrogens with two attached hydrogens (primary N) is 1. The van der Waals surface area contributed by atoms with Crippen LogP contribution in [0.15, 0.2) is 77.8 Å². The summed E-state index contributed by atoms with van der Waals surface area (Å²) < 4.78 is 29.5. The van der Waals surface area contributed by atoms with E-state index in [1.165, 1.54) is 41.3 Å². The SMILES string of the molecule is NC(=O)N(c1cccc(F)c1)C1N=C(c2ccccc2F)c2ccccc2N(CC(=O)N2CC3CCC(CC3)C2)C1=O. The smallest absolute Gasteiger partial charge is 0.321 e. The normalized spacial score (nSPS) is 21.7. The van der Waals surface area contributed by atoms with Crippen LogP contribution in [0, 0.1) is 23.5 Å². The van der Waals surface area contributed by atoms with Gasteiger partial charge in [0, 0.05) is 24.2 Å². The molecule has 3 heterocycles. The van der Waals surface area contributed by atoms with Gasteiger partial charge in [-0.05, 0) is 73.9 Å². The number of halogens is 2. The van der Waals surface area contributed by atoms with Crippen LogP contribution in [0.4, 0.5) is 25.0 Å². The number of fused-ring (bicyclic) bond motifs is 5. The molecule has 3 fully saturated rings. The number of hydrogen-bond acceptors (Lipinski definition) is 4. The number of carbonyl (C=O) groups excluding carboxylic acids is 3. The van der Waals surface area contributed by atoms with Crippen LogP contribution in [0.5, 0.6) is 0 Å². The minimum atomic E-state index is -1.64. The fourth-order valence-electron chi connectivity index (χ4n) is 6.36. The number of nitrogens with zero attached hydrogens (tertiary/aromatic N) is 4. The molecule has 0 aromatic heterocycles. The van der Waals surface area contributed by atoms with Crippen LogP contribution < -0.4 is 15.5 Å². The summed E-state index contributed by atoms with van der Waals surface area (Å²) >= 11 is 0. The first-order valence-electron chi connectivity index (χ1n) is 14.2. The maximum absolute atomic E-state index is 15.2. The van der Waals surface area contributed by atoms with Crippen molar-refractivity contribution in [3.63, 3.8) is 0 Å². The predicted octanol–water partition coefficient (Wildman–Crippen LogP) is 4.71. The molecule has 8 nitrogen and oxygen atoms in total. The molecule has 0 radical (unpaired) electrons. The van der Waals surface area contributed by atoms with Crippen molar-refractivity contribution in [2.24, 2.45) is 22.6 Å². The lowest BCUT2D eigenvalue weighted by Crippen LogP contribution is -2.54. The minimum Gasteiger partial charge on any atom is -0.351 e. The summed E-state index contributed by atoms with van der Waals surface area (Å²) in [7, 11) is 0. The summed E-state index contributed by atoms with van der Waals surface area (Å²) in [6.07, 6.45) is 2.71. The molecule has 216 valence electrons. The van der Waals surface area contributed by atoms with Crippen molar-refractivity contribution in [3.8, 4) is 0 Å². The Morgan fingerprint density at radius 3 is 2.17 bits per heavy atom. The van der Waals surface area contributed by atoms with Gasteiger partial charge >= 0.3 is 6.03 Å². The number of anilines is 2. The molecule has 7 rings (SSSR count). The highest BCUT2D eigenvalue weighted by atomic mass is 19.1. The molecule has 1 unspecified atom stereocenters. The summed E-state index contributed by atoms with van der Waals surface area (Å²) in [5.74, 6) is -1.31. The predicted molar refractivity (Wildman–Crippen MR) is 155 cm³/mol. The third-order valence-corrected chi connectivity index (χ3v) is 8.46. The van der Waals surface area contributed by atoms with E-state index in [-0.39, 0.29) is 29.4 Å². The lowest BCUT2D eigenvalue weighted by Gasteiger charge is -2.32. The highest BCUT2D eigenvalue weighted by molar-refractivity contribution is 6.22. The number of aliphatic imine (C=N–C) groups is 1. The van der Waals surface area contributed by atoms with Crippen molar-refractivity contribution >= 4 is 34.9 Å². The van der Waals surface area contributed by atoms with Gasteiger partial charge < -0.3 is 10.6 Å². The summed E-state index contributed by atoms with van der Waals surface area (Å²) in [5.41, 5.74) is 6.74. The molecular formula is C32H31F2N5O3. The van der Waals surface area contributed by atoms with E-state index < -0.39 is 29.7 Å². The van der Waals surface area contributed by atoms with Crippen LogP contribution in [0.2, 0.25) is 0 Å². The molecule has 42 heavy (non-hydrogen) atoms. The summed E-state index contributed by atoms with van der Waals surface area (Å²) in [6.45, 7) is 0.966. The van der Waals surface area contributed by atoms with E-state index in [4.69, 9.17) is 5.73 Å². The standard InChI is InChI=1S/C32H31F2N5O3/c33-22-6-5-7-23(16-22)39(32(35)42)30-31(41)38(19-28(40)37-17-20-12-13-21(18-37)15-14-20)27-11-4-2-9-25(27)29(36-30)24-8-1-3-10-26(24)34/h1-11,16,20-21,30H,12-15,17-19H2,(H2,35,42). The van der Waals surface area contributed by atoms with Crippen LogP contribution in [-0.4, -0.2) is 54.3 Å². The minimum absolute atomic E-state index is 0.00110. The third-order valence-electron chi connectivity index (χ3n) is 8.46. The van der Waals surface area contributed by atoms with E-state index in [0.717, 1.165) is 36.6 Å². The Labute approximate surface area is 242 Å². The number of urea groups is 1. The van der Waals surface area contributed by atoms with Crippen LogP contribution in [0.25, 0.3) is 0 Å². The molecular weight excluding hydrogens is 540 g/mol. The average Bonchev–Trinajstić information content (AvgIpc) is 3.37. The van der Waals surface area contributed by atoms with Gasteiger partial charge in [-0.2, -0.15) is 0 Å². The van der Waals surface area contributed by atoms with Crippen molar-refractivity contribution in [3.05, 3.63) is 95.6 Å². The zero-order chi connectivity index (χ0) is 29.4. The Morgan fingerprint density at radius 2 is 1.52 bits per heavy atom. The third kappa shape index (κ3) is 5.24. The fraction of sp³-hybridized carbons (Fsp3) is 0.312. The second-order valence-electron chi connectivity index (χ2n) is 11.1. The number of amides is 4. The largest absolute Gasteiger partial charge is 0.351 e. The van der Waals surface area contributed by atoms with Crippen molar-refractivity contribution in [1.29, 1.82) is 0 Å². The first-order valence-corrected chi connectivity index (χ1v) is 14.2. The fourth-order valence-corrected chi connectivity index (χ4v) is 6.36. The summed E-state index contributed by atoms with van der Waals surface area (Å²) in [6, 6.07) is 16.8. The van der Waals surface area contributed by atoms with Crippen molar-refractivity contribution in [1.82, 2.24) is 4.90 Å². The van der Waals surface area contributed by atoms with E-state index in [1.54, 1.807) is 30.3 Å². The molecule has 0 spiro atoms. The zero-order valence-electron chi connectivity index (χ0n) is 23.0. The maximum Gasteiger partial charge on any atom is 0.321 e. The Bertz CT molecular complexity index is 1550. The monoisotopic (exact) mass is 571 g/mol. The van der Waals surface area contributed by atoms with Gasteiger partial charge in [-0.3, -0.25) is 19.4 Å². The molecule has 3 aliphatic heterocycles. The van der Waals surface area contributed by atoms with E-state index in [0.29, 0.717) is 36.2 Å². The molecule has 2 N–H and O–H groups in total. The molecule has 3 aromatic carbocycles. The van der Waals surface area contributed by atoms with Crippen molar-refractivity contribution < 1.29 is 23.2 Å². The zero-order valence-corrected chi connectivity index (χ0v) is 23.0. The number of carbonyl (C=O) groups is 3. The Kier molecular flexibility index (Phi) is 7.45. The molecule has 4 amide bonds. The Hall–Kier alpha value is -4.60. The highest BCUT2D eigenvalue weighted by Gasteiger charge is 2.40. The van der Waals surface area contributed by atoms with Gasteiger partial charge in [0.1, 0.15) is 18.2 Å². The maximum atomic E-state index is 15.2. The molecule has 10 heteroatoms. The van der Waals surface area contributed by atoms with Crippen LogP contribution in [0.3, 0.4) is 0 Å².